The molecule has 1 N–H and O–H groups in total. The molecule has 1 atom stereocenters. The number of hydrogen-bond donors (Lipinski definition) is 1. The Hall–Kier alpha value is -2.93. The van der Waals surface area contributed by atoms with Crippen molar-refractivity contribution in [2.45, 2.75) is 39.3 Å². The Bertz CT molecular complexity index is 877. The van der Waals surface area contributed by atoms with E-state index in [1.54, 1.807) is 0 Å². The van der Waals surface area contributed by atoms with Crippen molar-refractivity contribution in [2.75, 3.05) is 13.2 Å². The van der Waals surface area contributed by atoms with Gasteiger partial charge in [0.25, 0.3) is 0 Å². The fourth-order valence-electron chi connectivity index (χ4n) is 2.82. The molecule has 1 aromatic heterocycles. The van der Waals surface area contributed by atoms with Crippen LogP contribution in [0.25, 0.3) is 11.4 Å². The summed E-state index contributed by atoms with van der Waals surface area (Å²) in [6.45, 7) is 7.14. The smallest absolute Gasteiger partial charge is 0.204 e. The molecule has 0 saturated heterocycles. The Balaban J connectivity index is 1.57. The molecule has 0 aliphatic rings. The molecule has 148 valence electrons. The van der Waals surface area contributed by atoms with Crippen LogP contribution in [-0.4, -0.2) is 44.6 Å². The van der Waals surface area contributed by atoms with E-state index < -0.39 is 6.10 Å². The van der Waals surface area contributed by atoms with Gasteiger partial charge in [0, 0.05) is 5.56 Å². The number of ether oxygens (including phenoxy) is 2. The van der Waals surface area contributed by atoms with Crippen LogP contribution in [0.1, 0.15) is 32.3 Å². The lowest BCUT2D eigenvalue weighted by Crippen LogP contribution is -2.25. The summed E-state index contributed by atoms with van der Waals surface area (Å²) in [6.07, 6.45) is -0.748. The fourth-order valence-corrected chi connectivity index (χ4v) is 2.82. The molecule has 0 aliphatic carbocycles. The third-order valence-electron chi connectivity index (χ3n) is 4.22. The highest BCUT2D eigenvalue weighted by Crippen LogP contribution is 2.26. The van der Waals surface area contributed by atoms with Crippen molar-refractivity contribution in [3.63, 3.8) is 0 Å². The van der Waals surface area contributed by atoms with Gasteiger partial charge in [-0.2, -0.15) is 4.80 Å². The molecule has 0 fully saturated rings. The molecule has 7 heteroatoms. The van der Waals surface area contributed by atoms with Gasteiger partial charge >= 0.3 is 0 Å². The lowest BCUT2D eigenvalue weighted by molar-refractivity contribution is 0.0844. The van der Waals surface area contributed by atoms with Gasteiger partial charge in [-0.15, -0.1) is 10.2 Å². The number of benzene rings is 2. The second-order valence-electron chi connectivity index (χ2n) is 6.78. The molecule has 0 radical (unpaired) electrons. The van der Waals surface area contributed by atoms with E-state index in [4.69, 9.17) is 9.47 Å². The van der Waals surface area contributed by atoms with Crippen LogP contribution in [0.2, 0.25) is 0 Å². The van der Waals surface area contributed by atoms with E-state index in [1.165, 1.54) is 4.80 Å². The summed E-state index contributed by atoms with van der Waals surface area (Å²) in [5.41, 5.74) is 1.96. The molecule has 0 saturated carbocycles. The van der Waals surface area contributed by atoms with E-state index in [2.05, 4.69) is 29.3 Å². The summed E-state index contributed by atoms with van der Waals surface area (Å²) in [6, 6.07) is 15.4. The maximum atomic E-state index is 10.3. The standard InChI is InChI=1S/C21H26N4O3/c1-4-27-18-11-9-16(10-12-18)21-22-24-25(23-21)13-17(26)14-28-20-8-6-5-7-19(20)15(2)3/h5-12,15,17,26H,4,13-14H2,1-3H3/t17-/m0/s1. The van der Waals surface area contributed by atoms with E-state index in [1.807, 2.05) is 55.5 Å². The number of aliphatic hydroxyl groups is 1. The fraction of sp³-hybridized carbons (Fsp3) is 0.381. The van der Waals surface area contributed by atoms with Crippen molar-refractivity contribution in [1.82, 2.24) is 20.2 Å². The lowest BCUT2D eigenvalue weighted by Gasteiger charge is -2.16. The van der Waals surface area contributed by atoms with Gasteiger partial charge < -0.3 is 14.6 Å². The Kier molecular flexibility index (Phi) is 6.60. The van der Waals surface area contributed by atoms with Crippen LogP contribution in [0, 0.1) is 0 Å². The molecule has 0 aliphatic heterocycles. The van der Waals surface area contributed by atoms with Crippen molar-refractivity contribution >= 4 is 0 Å². The van der Waals surface area contributed by atoms with Gasteiger partial charge in [-0.25, -0.2) is 0 Å². The molecule has 2 aromatic carbocycles. The molecular formula is C21H26N4O3. The predicted molar refractivity (Wildman–Crippen MR) is 106 cm³/mol. The van der Waals surface area contributed by atoms with Gasteiger partial charge in [0.05, 0.1) is 13.2 Å². The van der Waals surface area contributed by atoms with Gasteiger partial charge in [-0.3, -0.25) is 0 Å². The van der Waals surface area contributed by atoms with Crippen LogP contribution < -0.4 is 9.47 Å². The SMILES string of the molecule is CCOc1ccc(-c2nnn(C[C@H](O)COc3ccccc3C(C)C)n2)cc1. The number of rotatable bonds is 9. The number of hydrogen-bond acceptors (Lipinski definition) is 6. The summed E-state index contributed by atoms with van der Waals surface area (Å²) in [5.74, 6) is 2.44. The topological polar surface area (TPSA) is 82.3 Å². The maximum Gasteiger partial charge on any atom is 0.204 e. The number of para-hydroxylation sites is 1. The summed E-state index contributed by atoms with van der Waals surface area (Å²) in [4.78, 5) is 1.38. The van der Waals surface area contributed by atoms with Crippen LogP contribution in [0.5, 0.6) is 11.5 Å². The van der Waals surface area contributed by atoms with Crippen LogP contribution >= 0.6 is 0 Å². The molecule has 3 rings (SSSR count). The zero-order valence-electron chi connectivity index (χ0n) is 16.4. The molecule has 3 aromatic rings. The first-order chi connectivity index (χ1) is 13.6. The zero-order valence-corrected chi connectivity index (χ0v) is 16.4. The quantitative estimate of drug-likeness (QED) is 0.611. The third-order valence-corrected chi connectivity index (χ3v) is 4.22. The second-order valence-corrected chi connectivity index (χ2v) is 6.78. The van der Waals surface area contributed by atoms with E-state index in [0.717, 1.165) is 22.6 Å². The minimum Gasteiger partial charge on any atom is -0.494 e. The highest BCUT2D eigenvalue weighted by molar-refractivity contribution is 5.55. The van der Waals surface area contributed by atoms with E-state index in [0.29, 0.717) is 18.3 Å². The highest BCUT2D eigenvalue weighted by Gasteiger charge is 2.13. The second kappa shape index (κ2) is 9.32. The highest BCUT2D eigenvalue weighted by atomic mass is 16.5. The maximum absolute atomic E-state index is 10.3. The van der Waals surface area contributed by atoms with Crippen molar-refractivity contribution in [3.05, 3.63) is 54.1 Å². The molecule has 0 unspecified atom stereocenters. The predicted octanol–water partition coefficient (Wildman–Crippen LogP) is 3.30. The molecule has 0 amide bonds. The summed E-state index contributed by atoms with van der Waals surface area (Å²) in [7, 11) is 0. The summed E-state index contributed by atoms with van der Waals surface area (Å²) >= 11 is 0. The van der Waals surface area contributed by atoms with E-state index in [-0.39, 0.29) is 13.2 Å². The number of nitrogens with zero attached hydrogens (tertiary/aromatic N) is 4. The van der Waals surface area contributed by atoms with Crippen LogP contribution in [-0.2, 0) is 6.54 Å². The van der Waals surface area contributed by atoms with Crippen LogP contribution in [0.15, 0.2) is 48.5 Å². The van der Waals surface area contributed by atoms with Crippen molar-refractivity contribution in [1.29, 1.82) is 0 Å². The van der Waals surface area contributed by atoms with Gasteiger partial charge in [0.1, 0.15) is 24.2 Å². The van der Waals surface area contributed by atoms with Crippen molar-refractivity contribution in [3.8, 4) is 22.9 Å². The Morgan fingerprint density at radius 3 is 2.50 bits per heavy atom. The average Bonchev–Trinajstić information content (AvgIpc) is 3.16. The summed E-state index contributed by atoms with van der Waals surface area (Å²) in [5, 5.41) is 22.7. The first-order valence-corrected chi connectivity index (χ1v) is 9.47. The Morgan fingerprint density at radius 1 is 1.04 bits per heavy atom. The minimum absolute atomic E-state index is 0.156. The molecule has 7 nitrogen and oxygen atoms in total. The van der Waals surface area contributed by atoms with Gasteiger partial charge in [0.15, 0.2) is 0 Å². The molecular weight excluding hydrogens is 356 g/mol. The normalized spacial score (nSPS) is 12.2. The Morgan fingerprint density at radius 2 is 1.79 bits per heavy atom. The summed E-state index contributed by atoms with van der Waals surface area (Å²) < 4.78 is 11.2. The Labute approximate surface area is 164 Å². The van der Waals surface area contributed by atoms with Crippen LogP contribution in [0.3, 0.4) is 0 Å². The van der Waals surface area contributed by atoms with Gasteiger partial charge in [-0.1, -0.05) is 32.0 Å². The van der Waals surface area contributed by atoms with Gasteiger partial charge in [0.2, 0.25) is 5.82 Å². The minimum atomic E-state index is -0.748. The van der Waals surface area contributed by atoms with E-state index >= 15 is 0 Å². The number of aliphatic hydroxyl groups excluding tert-OH is 1. The first-order valence-electron chi connectivity index (χ1n) is 9.47. The largest absolute Gasteiger partial charge is 0.494 e. The zero-order chi connectivity index (χ0) is 19.9. The molecule has 0 spiro atoms. The van der Waals surface area contributed by atoms with Crippen LogP contribution in [0.4, 0.5) is 0 Å². The average molecular weight is 382 g/mol. The van der Waals surface area contributed by atoms with E-state index in [9.17, 15) is 5.11 Å². The number of aromatic nitrogens is 4. The number of tetrazole rings is 1. The molecule has 1 heterocycles. The monoisotopic (exact) mass is 382 g/mol. The first kappa shape index (κ1) is 19.8. The van der Waals surface area contributed by atoms with Gasteiger partial charge in [-0.05, 0) is 54.0 Å². The van der Waals surface area contributed by atoms with Crippen molar-refractivity contribution < 1.29 is 14.6 Å². The van der Waals surface area contributed by atoms with Crippen molar-refractivity contribution in [2.24, 2.45) is 0 Å². The molecule has 0 bridgehead atoms. The molecule has 28 heavy (non-hydrogen) atoms. The lowest BCUT2D eigenvalue weighted by atomic mass is 10.0. The third kappa shape index (κ3) is 5.07.